The number of anilines is 1. The smallest absolute Gasteiger partial charge is 0.220 e. The number of rotatable bonds is 1. The van der Waals surface area contributed by atoms with Gasteiger partial charge >= 0.3 is 0 Å². The summed E-state index contributed by atoms with van der Waals surface area (Å²) in [5.41, 5.74) is 2.23. The molecular weight excluding hydrogens is 216 g/mol. The zero-order chi connectivity index (χ0) is 11.9. The van der Waals surface area contributed by atoms with Crippen LogP contribution in [0.3, 0.4) is 0 Å². The van der Waals surface area contributed by atoms with Crippen molar-refractivity contribution in [2.45, 2.75) is 18.3 Å². The minimum absolute atomic E-state index is 0.0355. The molecule has 1 unspecified atom stereocenters. The summed E-state index contributed by atoms with van der Waals surface area (Å²) < 4.78 is 5.37. The second-order valence-electron chi connectivity index (χ2n) is 4.79. The van der Waals surface area contributed by atoms with Crippen molar-refractivity contribution in [3.05, 3.63) is 23.8 Å². The molecule has 2 N–H and O–H groups in total. The molecule has 1 fully saturated rings. The predicted octanol–water partition coefficient (Wildman–Crippen LogP) is 1.27. The molecule has 2 aliphatic rings. The number of ether oxygens (including phenoxy) is 1. The van der Waals surface area contributed by atoms with Crippen LogP contribution >= 0.6 is 0 Å². The first-order chi connectivity index (χ1) is 8.25. The minimum Gasteiger partial charge on any atom is -0.495 e. The fraction of sp³-hybridized carbons (Fsp3) is 0.462. The summed E-state index contributed by atoms with van der Waals surface area (Å²) in [7, 11) is 1.68. The minimum atomic E-state index is -0.0355. The first kappa shape index (κ1) is 10.4. The molecule has 1 atom stereocenters. The monoisotopic (exact) mass is 232 g/mol. The van der Waals surface area contributed by atoms with Crippen molar-refractivity contribution >= 4 is 11.6 Å². The molecule has 1 amide bonds. The van der Waals surface area contributed by atoms with E-state index in [-0.39, 0.29) is 11.3 Å². The quantitative estimate of drug-likeness (QED) is 0.766. The van der Waals surface area contributed by atoms with Crippen molar-refractivity contribution in [2.24, 2.45) is 0 Å². The molecule has 2 heterocycles. The van der Waals surface area contributed by atoms with E-state index in [4.69, 9.17) is 4.74 Å². The van der Waals surface area contributed by atoms with E-state index in [2.05, 4.69) is 16.7 Å². The Bertz CT molecular complexity index is 472. The topological polar surface area (TPSA) is 50.4 Å². The summed E-state index contributed by atoms with van der Waals surface area (Å²) in [4.78, 5) is 11.5. The SMILES string of the molecule is COc1cccc2c1NCCC21CNC(=O)C1. The first-order valence-electron chi connectivity index (χ1n) is 5.93. The Morgan fingerprint density at radius 1 is 1.35 bits per heavy atom. The Balaban J connectivity index is 2.11. The number of para-hydroxylation sites is 1. The first-order valence-corrected chi connectivity index (χ1v) is 5.93. The van der Waals surface area contributed by atoms with Gasteiger partial charge in [0, 0.05) is 24.9 Å². The van der Waals surface area contributed by atoms with Gasteiger partial charge in [-0.25, -0.2) is 0 Å². The second-order valence-corrected chi connectivity index (χ2v) is 4.79. The Kier molecular flexibility index (Phi) is 2.24. The van der Waals surface area contributed by atoms with Crippen molar-refractivity contribution in [3.8, 4) is 5.75 Å². The van der Waals surface area contributed by atoms with Crippen molar-refractivity contribution in [2.75, 3.05) is 25.5 Å². The number of carbonyl (C=O) groups is 1. The summed E-state index contributed by atoms with van der Waals surface area (Å²) in [5.74, 6) is 1.02. The lowest BCUT2D eigenvalue weighted by atomic mass is 9.74. The molecular formula is C13H16N2O2. The molecule has 1 spiro atoms. The molecule has 17 heavy (non-hydrogen) atoms. The summed E-state index contributed by atoms with van der Waals surface area (Å²) >= 11 is 0. The Morgan fingerprint density at radius 3 is 2.94 bits per heavy atom. The van der Waals surface area contributed by atoms with Gasteiger partial charge in [0.25, 0.3) is 0 Å². The van der Waals surface area contributed by atoms with Gasteiger partial charge in [0.1, 0.15) is 5.75 Å². The Labute approximate surface area is 100 Å². The average Bonchev–Trinajstić information content (AvgIpc) is 2.71. The molecule has 0 saturated carbocycles. The van der Waals surface area contributed by atoms with Gasteiger partial charge in [0.05, 0.1) is 12.8 Å². The predicted molar refractivity (Wildman–Crippen MR) is 65.4 cm³/mol. The number of nitrogens with one attached hydrogen (secondary N) is 2. The number of amides is 1. The van der Waals surface area contributed by atoms with Gasteiger partial charge in [-0.3, -0.25) is 4.79 Å². The third kappa shape index (κ3) is 1.47. The maximum atomic E-state index is 11.5. The van der Waals surface area contributed by atoms with Crippen molar-refractivity contribution in [1.29, 1.82) is 0 Å². The van der Waals surface area contributed by atoms with Crippen LogP contribution < -0.4 is 15.4 Å². The van der Waals surface area contributed by atoms with Gasteiger partial charge in [0.15, 0.2) is 0 Å². The molecule has 3 rings (SSSR count). The van der Waals surface area contributed by atoms with Crippen LogP contribution in [0.4, 0.5) is 5.69 Å². The highest BCUT2D eigenvalue weighted by atomic mass is 16.5. The van der Waals surface area contributed by atoms with Crippen molar-refractivity contribution in [1.82, 2.24) is 5.32 Å². The molecule has 0 bridgehead atoms. The zero-order valence-electron chi connectivity index (χ0n) is 9.88. The normalized spacial score (nSPS) is 26.3. The van der Waals surface area contributed by atoms with Crippen molar-refractivity contribution < 1.29 is 9.53 Å². The highest BCUT2D eigenvalue weighted by Crippen LogP contribution is 2.45. The van der Waals surface area contributed by atoms with Crippen LogP contribution in [0.5, 0.6) is 5.75 Å². The van der Waals surface area contributed by atoms with E-state index >= 15 is 0 Å². The van der Waals surface area contributed by atoms with E-state index < -0.39 is 0 Å². The van der Waals surface area contributed by atoms with Gasteiger partial charge < -0.3 is 15.4 Å². The van der Waals surface area contributed by atoms with Crippen LogP contribution in [0.25, 0.3) is 0 Å². The van der Waals surface area contributed by atoms with Crippen LogP contribution in [0.15, 0.2) is 18.2 Å². The molecule has 1 saturated heterocycles. The van der Waals surface area contributed by atoms with E-state index in [9.17, 15) is 4.79 Å². The van der Waals surface area contributed by atoms with Gasteiger partial charge in [-0.1, -0.05) is 12.1 Å². The van der Waals surface area contributed by atoms with Crippen LogP contribution in [-0.2, 0) is 10.2 Å². The molecule has 0 radical (unpaired) electrons. The van der Waals surface area contributed by atoms with E-state index in [0.29, 0.717) is 6.42 Å². The number of hydrogen-bond donors (Lipinski definition) is 2. The molecule has 90 valence electrons. The summed E-state index contributed by atoms with van der Waals surface area (Å²) in [5, 5.41) is 6.33. The summed E-state index contributed by atoms with van der Waals surface area (Å²) in [6.45, 7) is 1.63. The fourth-order valence-corrected chi connectivity index (χ4v) is 2.95. The molecule has 4 heteroatoms. The number of fused-ring (bicyclic) bond motifs is 2. The number of methoxy groups -OCH3 is 1. The van der Waals surface area contributed by atoms with Crippen LogP contribution in [0, 0.1) is 0 Å². The molecule has 0 aliphatic carbocycles. The zero-order valence-corrected chi connectivity index (χ0v) is 9.88. The molecule has 1 aromatic rings. The van der Waals surface area contributed by atoms with Crippen LogP contribution in [0.2, 0.25) is 0 Å². The largest absolute Gasteiger partial charge is 0.495 e. The van der Waals surface area contributed by atoms with Gasteiger partial charge in [-0.2, -0.15) is 0 Å². The third-order valence-electron chi connectivity index (χ3n) is 3.85. The Morgan fingerprint density at radius 2 is 2.24 bits per heavy atom. The summed E-state index contributed by atoms with van der Waals surface area (Å²) in [6, 6.07) is 6.05. The Hall–Kier alpha value is -1.71. The van der Waals surface area contributed by atoms with Crippen LogP contribution in [-0.4, -0.2) is 26.1 Å². The highest BCUT2D eigenvalue weighted by Gasteiger charge is 2.43. The maximum Gasteiger partial charge on any atom is 0.220 e. The molecule has 2 aliphatic heterocycles. The average molecular weight is 232 g/mol. The maximum absolute atomic E-state index is 11.5. The number of benzene rings is 1. The fourth-order valence-electron chi connectivity index (χ4n) is 2.95. The lowest BCUT2D eigenvalue weighted by Gasteiger charge is -2.35. The van der Waals surface area contributed by atoms with Gasteiger partial charge in [-0.15, -0.1) is 0 Å². The van der Waals surface area contributed by atoms with Gasteiger partial charge in [-0.05, 0) is 18.1 Å². The van der Waals surface area contributed by atoms with Gasteiger partial charge in [0.2, 0.25) is 5.91 Å². The number of carbonyl (C=O) groups excluding carboxylic acids is 1. The van der Waals surface area contributed by atoms with E-state index in [1.165, 1.54) is 5.56 Å². The second kappa shape index (κ2) is 3.65. The third-order valence-corrected chi connectivity index (χ3v) is 3.85. The van der Waals surface area contributed by atoms with E-state index in [0.717, 1.165) is 30.9 Å². The number of hydrogen-bond acceptors (Lipinski definition) is 3. The summed E-state index contributed by atoms with van der Waals surface area (Å²) in [6.07, 6.45) is 1.58. The molecule has 0 aromatic heterocycles. The highest BCUT2D eigenvalue weighted by molar-refractivity contribution is 5.82. The van der Waals surface area contributed by atoms with Crippen LogP contribution in [0.1, 0.15) is 18.4 Å². The lowest BCUT2D eigenvalue weighted by molar-refractivity contribution is -0.119. The molecule has 4 nitrogen and oxygen atoms in total. The van der Waals surface area contributed by atoms with Crippen molar-refractivity contribution in [3.63, 3.8) is 0 Å². The standard InChI is InChI=1S/C13H16N2O2/c1-17-10-4-2-3-9-12(10)14-6-5-13(9)7-11(16)15-8-13/h2-4,14H,5-8H2,1H3,(H,15,16). The van der Waals surface area contributed by atoms with E-state index in [1.807, 2.05) is 12.1 Å². The van der Waals surface area contributed by atoms with E-state index in [1.54, 1.807) is 7.11 Å². The molecule has 1 aromatic carbocycles. The lowest BCUT2D eigenvalue weighted by Crippen LogP contribution is -2.36.